The Hall–Kier alpha value is -2.21. The van der Waals surface area contributed by atoms with Gasteiger partial charge in [0.25, 0.3) is 0 Å². The molecule has 3 aromatic rings. The minimum Gasteiger partial charge on any atom is -0.490 e. The van der Waals surface area contributed by atoms with Crippen LogP contribution in [0.2, 0.25) is 15.1 Å². The van der Waals surface area contributed by atoms with Crippen LogP contribution in [0.15, 0.2) is 53.5 Å². The fraction of sp³-hybridized carbons (Fsp3) is 0.111. The summed E-state index contributed by atoms with van der Waals surface area (Å²) in [4.78, 5) is 16.2. The molecule has 0 amide bonds. The third-order valence-electron chi connectivity index (χ3n) is 3.62. The molecule has 0 saturated heterocycles. The second-order valence-electron chi connectivity index (χ2n) is 5.43. The number of rotatable bonds is 5. The zero-order valence-corrected chi connectivity index (χ0v) is 15.9. The van der Waals surface area contributed by atoms with E-state index < -0.39 is 5.56 Å². The molecule has 0 aliphatic rings. The molecule has 1 N–H and O–H groups in total. The molecule has 26 heavy (non-hydrogen) atoms. The molecule has 0 fully saturated rings. The van der Waals surface area contributed by atoms with Gasteiger partial charge >= 0.3 is 5.56 Å². The Labute approximate surface area is 165 Å². The smallest absolute Gasteiger partial charge is 0.316 e. The highest BCUT2D eigenvalue weighted by atomic mass is 35.5. The van der Waals surface area contributed by atoms with Gasteiger partial charge in [-0.05, 0) is 17.7 Å². The molecule has 0 aliphatic carbocycles. The summed E-state index contributed by atoms with van der Waals surface area (Å²) in [6.07, 6.45) is 1.59. The summed E-state index contributed by atoms with van der Waals surface area (Å²) in [7, 11) is 1.42. The van der Waals surface area contributed by atoms with Crippen LogP contribution in [-0.4, -0.2) is 16.7 Å². The molecule has 8 heteroatoms. The van der Waals surface area contributed by atoms with Crippen molar-refractivity contribution in [2.75, 3.05) is 12.4 Å². The average molecular weight is 411 g/mol. The molecule has 5 nitrogen and oxygen atoms in total. The van der Waals surface area contributed by atoms with Crippen LogP contribution in [0.4, 0.5) is 11.6 Å². The van der Waals surface area contributed by atoms with E-state index in [1.165, 1.54) is 13.2 Å². The lowest BCUT2D eigenvalue weighted by Gasteiger charge is -2.16. The predicted molar refractivity (Wildman–Crippen MR) is 105 cm³/mol. The Morgan fingerprint density at radius 1 is 1.15 bits per heavy atom. The first-order chi connectivity index (χ1) is 12.5. The van der Waals surface area contributed by atoms with Crippen molar-refractivity contribution in [1.29, 1.82) is 0 Å². The first-order valence-corrected chi connectivity index (χ1v) is 8.72. The lowest BCUT2D eigenvalue weighted by molar-refractivity contribution is 0.402. The number of methoxy groups -OCH3 is 1. The fourth-order valence-electron chi connectivity index (χ4n) is 2.38. The van der Waals surface area contributed by atoms with Gasteiger partial charge in [0.2, 0.25) is 11.7 Å². The van der Waals surface area contributed by atoms with E-state index in [4.69, 9.17) is 39.5 Å². The van der Waals surface area contributed by atoms with E-state index in [9.17, 15) is 4.79 Å². The monoisotopic (exact) mass is 409 g/mol. The van der Waals surface area contributed by atoms with E-state index in [0.29, 0.717) is 28.2 Å². The third kappa shape index (κ3) is 4.12. The number of hydrogen-bond donors (Lipinski definition) is 1. The Morgan fingerprint density at radius 3 is 2.58 bits per heavy atom. The van der Waals surface area contributed by atoms with Crippen molar-refractivity contribution in [2.45, 2.75) is 6.54 Å². The number of halogens is 3. The predicted octanol–water partition coefficient (Wildman–Crippen LogP) is 5.00. The molecule has 3 rings (SSSR count). The maximum absolute atomic E-state index is 12.1. The second-order valence-corrected chi connectivity index (χ2v) is 6.65. The first-order valence-electron chi connectivity index (χ1n) is 7.59. The summed E-state index contributed by atoms with van der Waals surface area (Å²) in [5, 5.41) is 4.02. The van der Waals surface area contributed by atoms with Crippen LogP contribution in [-0.2, 0) is 6.54 Å². The lowest BCUT2D eigenvalue weighted by atomic mass is 10.2. The van der Waals surface area contributed by atoms with E-state index in [1.807, 2.05) is 30.3 Å². The SMILES string of the molecule is COc1cn(Cc2ccccc2)c(Nc2cc(Cl)cc(Cl)c2Cl)nc1=O. The van der Waals surface area contributed by atoms with Crippen LogP contribution < -0.4 is 15.6 Å². The highest BCUT2D eigenvalue weighted by Gasteiger charge is 2.13. The molecule has 0 aliphatic heterocycles. The van der Waals surface area contributed by atoms with Crippen molar-refractivity contribution in [1.82, 2.24) is 9.55 Å². The molecule has 0 atom stereocenters. The van der Waals surface area contributed by atoms with E-state index in [0.717, 1.165) is 5.56 Å². The van der Waals surface area contributed by atoms with Crippen LogP contribution >= 0.6 is 34.8 Å². The van der Waals surface area contributed by atoms with Gasteiger partial charge in [-0.2, -0.15) is 4.98 Å². The van der Waals surface area contributed by atoms with E-state index in [1.54, 1.807) is 16.8 Å². The number of aromatic nitrogens is 2. The summed E-state index contributed by atoms with van der Waals surface area (Å²) in [6.45, 7) is 0.471. The van der Waals surface area contributed by atoms with E-state index in [-0.39, 0.29) is 10.8 Å². The Morgan fingerprint density at radius 2 is 1.88 bits per heavy atom. The molecule has 0 unspecified atom stereocenters. The van der Waals surface area contributed by atoms with E-state index >= 15 is 0 Å². The van der Waals surface area contributed by atoms with Crippen molar-refractivity contribution in [3.63, 3.8) is 0 Å². The number of benzene rings is 2. The average Bonchev–Trinajstić information content (AvgIpc) is 2.62. The van der Waals surface area contributed by atoms with Crippen molar-refractivity contribution in [3.8, 4) is 5.75 Å². The quantitative estimate of drug-likeness (QED) is 0.601. The van der Waals surface area contributed by atoms with Gasteiger partial charge in [0.05, 0.1) is 35.6 Å². The highest BCUT2D eigenvalue weighted by Crippen LogP contribution is 2.34. The first kappa shape index (κ1) is 18.6. The van der Waals surface area contributed by atoms with Crippen LogP contribution in [0.5, 0.6) is 5.75 Å². The summed E-state index contributed by atoms with van der Waals surface area (Å²) >= 11 is 18.3. The topological polar surface area (TPSA) is 56.1 Å². The Bertz CT molecular complexity index is 991. The standard InChI is InChI=1S/C18H14Cl3N3O2/c1-26-15-10-24(9-11-5-3-2-4-6-11)18(23-17(15)25)22-14-8-12(19)7-13(20)16(14)21/h2-8,10H,9H2,1H3,(H,22,23,25). The number of anilines is 2. The number of hydrogen-bond acceptors (Lipinski definition) is 4. The van der Waals surface area contributed by atoms with Crippen LogP contribution in [0.1, 0.15) is 5.56 Å². The third-order valence-corrected chi connectivity index (χ3v) is 4.64. The molecular formula is C18H14Cl3N3O2. The van der Waals surface area contributed by atoms with E-state index in [2.05, 4.69) is 10.3 Å². The minimum absolute atomic E-state index is 0.140. The van der Waals surface area contributed by atoms with Crippen molar-refractivity contribution in [3.05, 3.63) is 79.6 Å². The van der Waals surface area contributed by atoms with Gasteiger partial charge in [-0.3, -0.25) is 4.79 Å². The molecule has 0 spiro atoms. The maximum Gasteiger partial charge on any atom is 0.316 e. The number of ether oxygens (including phenoxy) is 1. The normalized spacial score (nSPS) is 10.6. The zero-order valence-electron chi connectivity index (χ0n) is 13.7. The van der Waals surface area contributed by atoms with Crippen LogP contribution in [0.25, 0.3) is 0 Å². The lowest BCUT2D eigenvalue weighted by Crippen LogP contribution is -2.18. The zero-order chi connectivity index (χ0) is 18.7. The number of nitrogens with zero attached hydrogens (tertiary/aromatic N) is 2. The largest absolute Gasteiger partial charge is 0.490 e. The Kier molecular flexibility index (Phi) is 5.71. The van der Waals surface area contributed by atoms with Gasteiger partial charge in [0.1, 0.15) is 0 Å². The molecule has 1 aromatic heterocycles. The summed E-state index contributed by atoms with van der Waals surface area (Å²) in [6, 6.07) is 12.9. The van der Waals surface area contributed by atoms with Gasteiger partial charge in [0, 0.05) is 5.02 Å². The fourth-order valence-corrected chi connectivity index (χ4v) is 3.03. The maximum atomic E-state index is 12.1. The minimum atomic E-state index is -0.497. The summed E-state index contributed by atoms with van der Waals surface area (Å²) in [5.74, 6) is 0.432. The summed E-state index contributed by atoms with van der Waals surface area (Å²) in [5.41, 5.74) is 0.977. The van der Waals surface area contributed by atoms with Gasteiger partial charge in [-0.15, -0.1) is 0 Å². The van der Waals surface area contributed by atoms with Crippen molar-refractivity contribution < 1.29 is 4.74 Å². The number of nitrogens with one attached hydrogen (secondary N) is 1. The van der Waals surface area contributed by atoms with Gasteiger partial charge < -0.3 is 14.6 Å². The van der Waals surface area contributed by atoms with Gasteiger partial charge in [-0.25, -0.2) is 0 Å². The molecule has 0 saturated carbocycles. The molecule has 0 radical (unpaired) electrons. The summed E-state index contributed by atoms with van der Waals surface area (Å²) < 4.78 is 6.85. The van der Waals surface area contributed by atoms with Gasteiger partial charge in [0.15, 0.2) is 0 Å². The van der Waals surface area contributed by atoms with Crippen LogP contribution in [0, 0.1) is 0 Å². The van der Waals surface area contributed by atoms with Crippen molar-refractivity contribution in [2.24, 2.45) is 0 Å². The second kappa shape index (κ2) is 7.99. The molecule has 2 aromatic carbocycles. The molecule has 0 bridgehead atoms. The van der Waals surface area contributed by atoms with Crippen LogP contribution in [0.3, 0.4) is 0 Å². The molecular weight excluding hydrogens is 397 g/mol. The molecule has 134 valence electrons. The van der Waals surface area contributed by atoms with Crippen molar-refractivity contribution >= 4 is 46.4 Å². The highest BCUT2D eigenvalue weighted by molar-refractivity contribution is 6.45. The molecule has 1 heterocycles. The Balaban J connectivity index is 2.05. The van der Waals surface area contributed by atoms with Gasteiger partial charge in [-0.1, -0.05) is 65.1 Å².